The SMILES string of the molecule is CCCCCCCCCCCCCCCCCCCCC(CO)COP(=O)(O)OCC[N+](C)(C)C. The molecule has 0 aromatic heterocycles. The Balaban J connectivity index is 3.49. The number of phosphoric acid groups is 1. The minimum absolute atomic E-state index is 0.0299. The monoisotopic (exact) mass is 522 g/mol. The summed E-state index contributed by atoms with van der Waals surface area (Å²) in [6, 6.07) is 0. The van der Waals surface area contributed by atoms with Gasteiger partial charge in [-0.2, -0.15) is 0 Å². The lowest BCUT2D eigenvalue weighted by Gasteiger charge is -2.24. The van der Waals surface area contributed by atoms with Crippen LogP contribution < -0.4 is 0 Å². The topological polar surface area (TPSA) is 76.0 Å². The fraction of sp³-hybridized carbons (Fsp3) is 1.00. The highest BCUT2D eigenvalue weighted by Gasteiger charge is 2.24. The van der Waals surface area contributed by atoms with Gasteiger partial charge in [0.25, 0.3) is 0 Å². The molecule has 2 unspecified atom stereocenters. The summed E-state index contributed by atoms with van der Waals surface area (Å²) in [4.78, 5) is 9.81. The van der Waals surface area contributed by atoms with Crippen molar-refractivity contribution >= 4 is 7.82 Å². The third-order valence-corrected chi connectivity index (χ3v) is 7.70. The molecular formula is C28H61NO5P+. The van der Waals surface area contributed by atoms with Crippen LogP contribution in [0.1, 0.15) is 129 Å². The van der Waals surface area contributed by atoms with E-state index in [9.17, 15) is 14.6 Å². The first kappa shape index (κ1) is 35.0. The Labute approximate surface area is 218 Å². The van der Waals surface area contributed by atoms with Crippen molar-refractivity contribution in [2.45, 2.75) is 129 Å². The molecule has 0 saturated carbocycles. The van der Waals surface area contributed by atoms with E-state index in [0.29, 0.717) is 11.0 Å². The van der Waals surface area contributed by atoms with Gasteiger partial charge in [0, 0.05) is 12.5 Å². The molecule has 0 spiro atoms. The first-order valence-corrected chi connectivity index (χ1v) is 16.2. The van der Waals surface area contributed by atoms with E-state index in [-0.39, 0.29) is 25.7 Å². The smallest absolute Gasteiger partial charge is 0.396 e. The number of nitrogens with zero attached hydrogens (tertiary/aromatic N) is 1. The van der Waals surface area contributed by atoms with Crippen molar-refractivity contribution in [3.63, 3.8) is 0 Å². The minimum Gasteiger partial charge on any atom is -0.396 e. The maximum absolute atomic E-state index is 12.0. The summed E-state index contributed by atoms with van der Waals surface area (Å²) in [6.45, 7) is 3.10. The molecule has 0 rings (SSSR count). The van der Waals surface area contributed by atoms with Crippen molar-refractivity contribution in [3.05, 3.63) is 0 Å². The molecule has 0 radical (unpaired) electrons. The minimum atomic E-state index is -4.05. The molecule has 7 heteroatoms. The molecule has 0 heterocycles. The van der Waals surface area contributed by atoms with E-state index >= 15 is 0 Å². The van der Waals surface area contributed by atoms with Gasteiger partial charge >= 0.3 is 7.82 Å². The number of unbranched alkanes of at least 4 members (excludes halogenated alkanes) is 17. The van der Waals surface area contributed by atoms with Crippen LogP contribution in [0.5, 0.6) is 0 Å². The van der Waals surface area contributed by atoms with Crippen LogP contribution in [0.25, 0.3) is 0 Å². The van der Waals surface area contributed by atoms with E-state index in [4.69, 9.17) is 9.05 Å². The summed E-state index contributed by atoms with van der Waals surface area (Å²) in [7, 11) is 1.94. The second-order valence-electron chi connectivity index (χ2n) is 11.5. The van der Waals surface area contributed by atoms with Crippen LogP contribution in [0.4, 0.5) is 0 Å². The number of rotatable bonds is 27. The van der Waals surface area contributed by atoms with E-state index in [0.717, 1.165) is 19.3 Å². The molecule has 0 aliphatic heterocycles. The first-order chi connectivity index (χ1) is 16.7. The lowest BCUT2D eigenvalue weighted by molar-refractivity contribution is -0.870. The van der Waals surface area contributed by atoms with Crippen LogP contribution in [0.3, 0.4) is 0 Å². The summed E-state index contributed by atoms with van der Waals surface area (Å²) in [6.07, 6.45) is 25.1. The van der Waals surface area contributed by atoms with Crippen LogP contribution in [0, 0.1) is 5.92 Å². The van der Waals surface area contributed by atoms with Crippen molar-refractivity contribution in [3.8, 4) is 0 Å². The highest BCUT2D eigenvalue weighted by Crippen LogP contribution is 2.43. The standard InChI is InChI=1S/C28H60NO5P/c1-5-6-7-8-9-10-11-12-13-14-15-16-17-18-19-20-21-22-23-28(26-30)27-34-35(31,32)33-25-24-29(2,3)4/h28,30H,5-27H2,1-4H3/p+1. The Morgan fingerprint density at radius 2 is 1.09 bits per heavy atom. The van der Waals surface area contributed by atoms with Gasteiger partial charge in [-0.25, -0.2) is 4.57 Å². The summed E-state index contributed by atoms with van der Waals surface area (Å²) < 4.78 is 22.8. The Morgan fingerprint density at radius 1 is 0.686 bits per heavy atom. The highest BCUT2D eigenvalue weighted by molar-refractivity contribution is 7.47. The molecule has 0 fully saturated rings. The molecular weight excluding hydrogens is 461 g/mol. The third-order valence-electron chi connectivity index (χ3n) is 6.71. The van der Waals surface area contributed by atoms with E-state index in [2.05, 4.69) is 6.92 Å². The highest BCUT2D eigenvalue weighted by atomic mass is 31.2. The maximum atomic E-state index is 12.0. The van der Waals surface area contributed by atoms with Crippen molar-refractivity contribution in [1.82, 2.24) is 0 Å². The maximum Gasteiger partial charge on any atom is 0.472 e. The fourth-order valence-corrected chi connectivity index (χ4v) is 5.02. The second kappa shape index (κ2) is 23.2. The molecule has 0 aromatic rings. The normalized spacial score (nSPS) is 14.8. The average molecular weight is 523 g/mol. The van der Waals surface area contributed by atoms with E-state index < -0.39 is 7.82 Å². The number of aliphatic hydroxyl groups is 1. The number of hydrogen-bond donors (Lipinski definition) is 2. The van der Waals surface area contributed by atoms with Gasteiger partial charge < -0.3 is 14.5 Å². The fourth-order valence-electron chi connectivity index (χ4n) is 4.23. The van der Waals surface area contributed by atoms with Gasteiger partial charge in [0.2, 0.25) is 0 Å². The molecule has 0 saturated heterocycles. The van der Waals surface area contributed by atoms with Gasteiger partial charge in [0.1, 0.15) is 13.2 Å². The summed E-state index contributed by atoms with van der Waals surface area (Å²) in [5.74, 6) is -0.112. The number of quaternary nitrogens is 1. The molecule has 0 aliphatic carbocycles. The molecule has 2 N–H and O–H groups in total. The van der Waals surface area contributed by atoms with E-state index in [1.807, 2.05) is 21.1 Å². The Kier molecular flexibility index (Phi) is 23.2. The molecule has 35 heavy (non-hydrogen) atoms. The van der Waals surface area contributed by atoms with Gasteiger partial charge in [-0.15, -0.1) is 0 Å². The average Bonchev–Trinajstić information content (AvgIpc) is 2.79. The number of likely N-dealkylation sites (N-methyl/N-ethyl adjacent to an activating group) is 1. The van der Waals surface area contributed by atoms with E-state index in [1.165, 1.54) is 103 Å². The third kappa shape index (κ3) is 26.9. The first-order valence-electron chi connectivity index (χ1n) is 14.7. The van der Waals surface area contributed by atoms with Gasteiger partial charge in [-0.05, 0) is 6.42 Å². The summed E-state index contributed by atoms with van der Waals surface area (Å²) in [5, 5.41) is 9.55. The largest absolute Gasteiger partial charge is 0.472 e. The predicted octanol–water partition coefficient (Wildman–Crippen LogP) is 7.87. The van der Waals surface area contributed by atoms with Crippen LogP contribution in [-0.4, -0.2) is 62.0 Å². The number of hydrogen-bond acceptors (Lipinski definition) is 4. The van der Waals surface area contributed by atoms with Crippen LogP contribution in [0.15, 0.2) is 0 Å². The lowest BCUT2D eigenvalue weighted by Crippen LogP contribution is -2.37. The zero-order valence-corrected chi connectivity index (χ0v) is 24.7. The Hall–Kier alpha value is 0.0300. The molecule has 212 valence electrons. The zero-order valence-electron chi connectivity index (χ0n) is 23.9. The van der Waals surface area contributed by atoms with Crippen molar-refractivity contribution in [1.29, 1.82) is 0 Å². The van der Waals surface area contributed by atoms with Gasteiger partial charge in [0.05, 0.1) is 27.7 Å². The van der Waals surface area contributed by atoms with Crippen molar-refractivity contribution < 1.29 is 28.1 Å². The van der Waals surface area contributed by atoms with Gasteiger partial charge in [-0.3, -0.25) is 9.05 Å². The van der Waals surface area contributed by atoms with Crippen molar-refractivity contribution in [2.24, 2.45) is 5.92 Å². The van der Waals surface area contributed by atoms with E-state index in [1.54, 1.807) is 0 Å². The molecule has 0 aliphatic rings. The number of phosphoric ester groups is 1. The van der Waals surface area contributed by atoms with Crippen LogP contribution in [0.2, 0.25) is 0 Å². The lowest BCUT2D eigenvalue weighted by atomic mass is 10.0. The van der Waals surface area contributed by atoms with Gasteiger partial charge in [-0.1, -0.05) is 122 Å². The summed E-state index contributed by atoms with van der Waals surface area (Å²) in [5.41, 5.74) is 0. The molecule has 6 nitrogen and oxygen atoms in total. The van der Waals surface area contributed by atoms with Crippen LogP contribution >= 0.6 is 7.82 Å². The Bertz CT molecular complexity index is 498. The number of aliphatic hydroxyl groups excluding tert-OH is 1. The van der Waals surface area contributed by atoms with Crippen LogP contribution in [-0.2, 0) is 13.6 Å². The molecule has 2 atom stereocenters. The van der Waals surface area contributed by atoms with Crippen molar-refractivity contribution in [2.75, 3.05) is 47.5 Å². The molecule has 0 bridgehead atoms. The summed E-state index contributed by atoms with van der Waals surface area (Å²) >= 11 is 0. The zero-order chi connectivity index (χ0) is 26.3. The Morgan fingerprint density at radius 3 is 1.46 bits per heavy atom. The second-order valence-corrected chi connectivity index (χ2v) is 12.9. The predicted molar refractivity (Wildman–Crippen MR) is 149 cm³/mol. The van der Waals surface area contributed by atoms with Gasteiger partial charge in [0.15, 0.2) is 0 Å². The molecule has 0 aromatic carbocycles. The quantitative estimate of drug-likeness (QED) is 0.0652. The molecule has 0 amide bonds.